The van der Waals surface area contributed by atoms with Crippen molar-refractivity contribution in [3.05, 3.63) is 64.3 Å². The molecule has 6 nitrogen and oxygen atoms in total. The van der Waals surface area contributed by atoms with Crippen molar-refractivity contribution in [2.45, 2.75) is 19.5 Å². The van der Waals surface area contributed by atoms with Gasteiger partial charge in [-0.15, -0.1) is 11.3 Å². The molecule has 0 unspecified atom stereocenters. The number of rotatable bonds is 3. The van der Waals surface area contributed by atoms with Crippen LogP contribution < -0.4 is 0 Å². The first-order valence-electron chi connectivity index (χ1n) is 8.02. The number of nitriles is 1. The van der Waals surface area contributed by atoms with Gasteiger partial charge in [-0.05, 0) is 11.1 Å². The summed E-state index contributed by atoms with van der Waals surface area (Å²) in [7, 11) is 0. The van der Waals surface area contributed by atoms with Crippen molar-refractivity contribution in [2.24, 2.45) is 0 Å². The van der Waals surface area contributed by atoms with Crippen molar-refractivity contribution in [2.75, 3.05) is 0 Å². The number of carbonyl (C=O) groups is 1. The van der Waals surface area contributed by atoms with E-state index in [9.17, 15) is 9.90 Å². The molecule has 1 aliphatic heterocycles. The van der Waals surface area contributed by atoms with Crippen LogP contribution in [0.1, 0.15) is 22.4 Å². The molecule has 26 heavy (non-hydrogen) atoms. The number of nitrogens with zero attached hydrogens (tertiary/aromatic N) is 4. The molecule has 2 aromatic heterocycles. The third-order valence-electron chi connectivity index (χ3n) is 4.28. The number of amides is 1. The highest BCUT2D eigenvalue weighted by Crippen LogP contribution is 2.30. The Morgan fingerprint density at radius 1 is 1.31 bits per heavy atom. The Balaban J connectivity index is 1.48. The summed E-state index contributed by atoms with van der Waals surface area (Å²) in [6.07, 6.45) is 1.60. The summed E-state index contributed by atoms with van der Waals surface area (Å²) in [6.45, 7) is 1.26. The molecule has 3 heterocycles. The normalized spacial score (nSPS) is 12.7. The van der Waals surface area contributed by atoms with E-state index in [1.807, 2.05) is 35.2 Å². The highest BCUT2D eigenvalue weighted by molar-refractivity contribution is 7.13. The molecule has 1 aliphatic rings. The van der Waals surface area contributed by atoms with Gasteiger partial charge in [0, 0.05) is 30.7 Å². The molecule has 7 heteroatoms. The zero-order valence-corrected chi connectivity index (χ0v) is 14.5. The smallest absolute Gasteiger partial charge is 0.229 e. The molecule has 0 fully saturated rings. The molecule has 0 bridgehead atoms. The van der Waals surface area contributed by atoms with E-state index in [4.69, 9.17) is 5.26 Å². The Bertz CT molecular complexity index is 1010. The van der Waals surface area contributed by atoms with Gasteiger partial charge < -0.3 is 10.0 Å². The van der Waals surface area contributed by atoms with Gasteiger partial charge in [0.05, 0.1) is 17.7 Å². The van der Waals surface area contributed by atoms with Gasteiger partial charge in [0.25, 0.3) is 0 Å². The van der Waals surface area contributed by atoms with Crippen LogP contribution in [0.3, 0.4) is 0 Å². The van der Waals surface area contributed by atoms with Crippen LogP contribution in [-0.2, 0) is 24.3 Å². The number of hydrogen-bond donors (Lipinski definition) is 1. The summed E-state index contributed by atoms with van der Waals surface area (Å²) in [6, 6.07) is 11.3. The minimum atomic E-state index is -0.0914. The Hall–Kier alpha value is -3.24. The number of aromatic nitrogens is 2. The maximum atomic E-state index is 12.6. The second-order valence-corrected chi connectivity index (χ2v) is 6.90. The van der Waals surface area contributed by atoms with E-state index in [1.165, 1.54) is 34.7 Å². The minimum Gasteiger partial charge on any atom is -0.506 e. The summed E-state index contributed by atoms with van der Waals surface area (Å²) in [5, 5.41) is 21.2. The van der Waals surface area contributed by atoms with Gasteiger partial charge in [0.15, 0.2) is 0 Å². The van der Waals surface area contributed by atoms with E-state index >= 15 is 0 Å². The lowest BCUT2D eigenvalue weighted by Crippen LogP contribution is -2.27. The minimum absolute atomic E-state index is 0.0232. The summed E-state index contributed by atoms with van der Waals surface area (Å²) in [5.74, 6) is -0.0682. The number of thiazole rings is 1. The van der Waals surface area contributed by atoms with E-state index in [1.54, 1.807) is 5.38 Å². The van der Waals surface area contributed by atoms with E-state index < -0.39 is 0 Å². The molecule has 4 rings (SSSR count). The molecule has 0 saturated carbocycles. The van der Waals surface area contributed by atoms with Gasteiger partial charge in [0.2, 0.25) is 5.91 Å². The summed E-state index contributed by atoms with van der Waals surface area (Å²) < 4.78 is 0. The standard InChI is InChI=1S/C19H14N4O2S/c20-7-12-5-16(24)18(21-8-12)19-22-15(11-26-19)6-17(25)23-9-13-3-1-2-4-14(13)10-23/h1-5,8,11,24H,6,9-10H2. The van der Waals surface area contributed by atoms with Crippen molar-refractivity contribution in [3.8, 4) is 22.5 Å². The van der Waals surface area contributed by atoms with Gasteiger partial charge in [-0.3, -0.25) is 4.79 Å². The van der Waals surface area contributed by atoms with Crippen molar-refractivity contribution in [3.63, 3.8) is 0 Å². The lowest BCUT2D eigenvalue weighted by Gasteiger charge is -2.14. The first kappa shape index (κ1) is 16.2. The molecule has 0 atom stereocenters. The lowest BCUT2D eigenvalue weighted by atomic mass is 10.1. The SMILES string of the molecule is N#Cc1cnc(-c2nc(CC(=O)N3Cc4ccccc4C3)cs2)c(O)c1. The van der Waals surface area contributed by atoms with Crippen LogP contribution in [-0.4, -0.2) is 25.9 Å². The summed E-state index contributed by atoms with van der Waals surface area (Å²) in [4.78, 5) is 22.9. The Kier molecular flexibility index (Phi) is 4.11. The quantitative estimate of drug-likeness (QED) is 0.774. The molecule has 3 aromatic rings. The molecule has 0 radical (unpaired) electrons. The average molecular weight is 362 g/mol. The average Bonchev–Trinajstić information content (AvgIpc) is 3.28. The summed E-state index contributed by atoms with van der Waals surface area (Å²) >= 11 is 1.31. The van der Waals surface area contributed by atoms with Crippen molar-refractivity contribution in [1.29, 1.82) is 5.26 Å². The van der Waals surface area contributed by atoms with Crippen LogP contribution in [0.4, 0.5) is 0 Å². The predicted molar refractivity (Wildman–Crippen MR) is 96.1 cm³/mol. The molecular formula is C19H14N4O2S. The fourth-order valence-corrected chi connectivity index (χ4v) is 3.77. The molecule has 1 aromatic carbocycles. The number of carbonyl (C=O) groups excluding carboxylic acids is 1. The van der Waals surface area contributed by atoms with E-state index in [0.29, 0.717) is 29.5 Å². The van der Waals surface area contributed by atoms with Crippen LogP contribution in [0, 0.1) is 11.3 Å². The summed E-state index contributed by atoms with van der Waals surface area (Å²) in [5.41, 5.74) is 3.63. The number of hydrogen-bond acceptors (Lipinski definition) is 6. The maximum Gasteiger partial charge on any atom is 0.229 e. The molecule has 1 amide bonds. The van der Waals surface area contributed by atoms with Crippen molar-refractivity contribution < 1.29 is 9.90 Å². The molecule has 0 aliphatic carbocycles. The highest BCUT2D eigenvalue weighted by atomic mass is 32.1. The number of pyridine rings is 1. The van der Waals surface area contributed by atoms with Crippen LogP contribution in [0.25, 0.3) is 10.7 Å². The van der Waals surface area contributed by atoms with Crippen molar-refractivity contribution >= 4 is 17.2 Å². The van der Waals surface area contributed by atoms with E-state index in [-0.39, 0.29) is 23.6 Å². The lowest BCUT2D eigenvalue weighted by molar-refractivity contribution is -0.131. The van der Waals surface area contributed by atoms with E-state index in [0.717, 1.165) is 0 Å². The largest absolute Gasteiger partial charge is 0.506 e. The van der Waals surface area contributed by atoms with Crippen LogP contribution in [0.5, 0.6) is 5.75 Å². The predicted octanol–water partition coefficient (Wildman–Crippen LogP) is 2.87. The topological polar surface area (TPSA) is 90.1 Å². The van der Waals surface area contributed by atoms with Gasteiger partial charge in [-0.1, -0.05) is 24.3 Å². The second kappa shape index (κ2) is 6.58. The third kappa shape index (κ3) is 3.03. The third-order valence-corrected chi connectivity index (χ3v) is 5.17. The molecule has 0 saturated heterocycles. The highest BCUT2D eigenvalue weighted by Gasteiger charge is 2.23. The van der Waals surface area contributed by atoms with Crippen LogP contribution in [0.2, 0.25) is 0 Å². The van der Waals surface area contributed by atoms with Gasteiger partial charge in [-0.2, -0.15) is 5.26 Å². The monoisotopic (exact) mass is 362 g/mol. The number of fused-ring (bicyclic) bond motifs is 1. The molecule has 128 valence electrons. The fraction of sp³-hybridized carbons (Fsp3) is 0.158. The molecule has 0 spiro atoms. The Labute approximate surface area is 154 Å². The zero-order chi connectivity index (χ0) is 18.1. The second-order valence-electron chi connectivity index (χ2n) is 6.04. The van der Waals surface area contributed by atoms with E-state index in [2.05, 4.69) is 9.97 Å². The number of benzene rings is 1. The van der Waals surface area contributed by atoms with Crippen LogP contribution in [0.15, 0.2) is 41.9 Å². The first-order chi connectivity index (χ1) is 12.6. The van der Waals surface area contributed by atoms with Gasteiger partial charge >= 0.3 is 0 Å². The maximum absolute atomic E-state index is 12.6. The van der Waals surface area contributed by atoms with Gasteiger partial charge in [0.1, 0.15) is 22.5 Å². The van der Waals surface area contributed by atoms with Crippen molar-refractivity contribution in [1.82, 2.24) is 14.9 Å². The number of aromatic hydroxyl groups is 1. The van der Waals surface area contributed by atoms with Crippen LogP contribution >= 0.6 is 11.3 Å². The zero-order valence-electron chi connectivity index (χ0n) is 13.7. The molecular weight excluding hydrogens is 348 g/mol. The van der Waals surface area contributed by atoms with Gasteiger partial charge in [-0.25, -0.2) is 9.97 Å². The molecule has 1 N–H and O–H groups in total. The fourth-order valence-electron chi connectivity index (χ4n) is 2.95. The Morgan fingerprint density at radius 3 is 2.69 bits per heavy atom. The Morgan fingerprint density at radius 2 is 2.04 bits per heavy atom. The first-order valence-corrected chi connectivity index (χ1v) is 8.90.